The molecule has 0 radical (unpaired) electrons. The number of likely N-dealkylation sites (N-methyl/N-ethyl adjacent to an activating group) is 1. The fraction of sp³-hybridized carbons (Fsp3) is 0.435. The highest BCUT2D eigenvalue weighted by Crippen LogP contribution is 2.33. The number of methoxy groups -OCH3 is 1. The number of sulfonamides is 1. The summed E-state index contributed by atoms with van der Waals surface area (Å²) in [4.78, 5) is 16.9. The Kier molecular flexibility index (Phi) is 7.51. The number of amides is 1. The third kappa shape index (κ3) is 5.25. The van der Waals surface area contributed by atoms with Crippen molar-refractivity contribution < 1.29 is 27.4 Å². The highest BCUT2D eigenvalue weighted by Gasteiger charge is 2.29. The number of carbonyl (C=O) groups excluding carboxylic acids is 1. The maximum atomic E-state index is 13.1. The molecule has 0 unspecified atom stereocenters. The van der Waals surface area contributed by atoms with Gasteiger partial charge in [0.25, 0.3) is 0 Å². The molecule has 34 heavy (non-hydrogen) atoms. The van der Waals surface area contributed by atoms with Gasteiger partial charge in [0, 0.05) is 39.3 Å². The number of carbonyl (C=O) groups is 1. The Labute approximate surface area is 204 Å². The molecule has 2 aliphatic rings. The summed E-state index contributed by atoms with van der Waals surface area (Å²) < 4.78 is 43.3. The Morgan fingerprint density at radius 2 is 1.82 bits per heavy atom. The number of rotatable bonds is 8. The van der Waals surface area contributed by atoms with Crippen molar-refractivity contribution >= 4 is 27.5 Å². The van der Waals surface area contributed by atoms with E-state index in [0.717, 1.165) is 23.6 Å². The van der Waals surface area contributed by atoms with Crippen LogP contribution in [-0.2, 0) is 21.4 Å². The summed E-state index contributed by atoms with van der Waals surface area (Å²) in [6.07, 6.45) is 0. The Morgan fingerprint density at radius 1 is 1.09 bits per heavy atom. The second-order valence-corrected chi connectivity index (χ2v) is 10.4. The molecule has 9 nitrogen and oxygen atoms in total. The van der Waals surface area contributed by atoms with Gasteiger partial charge in [0.2, 0.25) is 22.7 Å². The number of nitrogens with zero attached hydrogens (tertiary/aromatic N) is 3. The number of halogens is 1. The van der Waals surface area contributed by atoms with Crippen molar-refractivity contribution in [3.63, 3.8) is 0 Å². The molecule has 184 valence electrons. The van der Waals surface area contributed by atoms with Crippen molar-refractivity contribution in [2.75, 3.05) is 53.2 Å². The molecule has 0 atom stereocenters. The van der Waals surface area contributed by atoms with Gasteiger partial charge < -0.3 is 19.1 Å². The quantitative estimate of drug-likeness (QED) is 0.540. The molecule has 0 saturated carbocycles. The molecule has 0 N–H and O–H groups in total. The first-order valence-corrected chi connectivity index (χ1v) is 12.9. The summed E-state index contributed by atoms with van der Waals surface area (Å²) in [5, 5.41) is 0.199. The molecule has 1 fully saturated rings. The average molecular weight is 510 g/mol. The molecule has 0 aromatic heterocycles. The standard InChI is InChI=1S/C23H28ClN3O6S/c1-3-27(34(29,30)18-5-7-20(31-2)19(24)13-18)15-23(28)26-10-8-25(9-11-26)14-17-4-6-21-22(12-17)33-16-32-21/h4-7,12-13H,3,8-11,14-16H2,1-2H3. The first-order chi connectivity index (χ1) is 16.3. The summed E-state index contributed by atoms with van der Waals surface area (Å²) in [5.41, 5.74) is 1.12. The maximum Gasteiger partial charge on any atom is 0.243 e. The lowest BCUT2D eigenvalue weighted by molar-refractivity contribution is -0.133. The molecule has 0 spiro atoms. The third-order valence-electron chi connectivity index (χ3n) is 5.99. The number of ether oxygens (including phenoxy) is 3. The Hall–Kier alpha value is -2.53. The minimum atomic E-state index is -3.88. The lowest BCUT2D eigenvalue weighted by atomic mass is 10.1. The molecular formula is C23H28ClN3O6S. The summed E-state index contributed by atoms with van der Waals surface area (Å²) in [6.45, 7) is 5.12. The van der Waals surface area contributed by atoms with Gasteiger partial charge >= 0.3 is 0 Å². The van der Waals surface area contributed by atoms with Crippen LogP contribution in [0.25, 0.3) is 0 Å². The Balaban J connectivity index is 1.33. The normalized spacial score (nSPS) is 16.2. The van der Waals surface area contributed by atoms with Gasteiger partial charge in [-0.3, -0.25) is 9.69 Å². The van der Waals surface area contributed by atoms with Crippen molar-refractivity contribution in [1.29, 1.82) is 0 Å². The second kappa shape index (κ2) is 10.4. The smallest absolute Gasteiger partial charge is 0.243 e. The fourth-order valence-electron chi connectivity index (χ4n) is 4.03. The van der Waals surface area contributed by atoms with Crippen LogP contribution in [-0.4, -0.2) is 81.6 Å². The van der Waals surface area contributed by atoms with E-state index in [9.17, 15) is 13.2 Å². The summed E-state index contributed by atoms with van der Waals surface area (Å²) >= 11 is 6.11. The summed E-state index contributed by atoms with van der Waals surface area (Å²) in [7, 11) is -2.42. The molecule has 2 aliphatic heterocycles. The first-order valence-electron chi connectivity index (χ1n) is 11.0. The monoisotopic (exact) mass is 509 g/mol. The lowest BCUT2D eigenvalue weighted by Crippen LogP contribution is -2.51. The van der Waals surface area contributed by atoms with Crippen LogP contribution in [0.2, 0.25) is 5.02 Å². The summed E-state index contributed by atoms with van der Waals surface area (Å²) in [5.74, 6) is 1.68. The zero-order valence-electron chi connectivity index (χ0n) is 19.2. The molecule has 1 saturated heterocycles. The largest absolute Gasteiger partial charge is 0.495 e. The molecule has 2 aromatic rings. The van der Waals surface area contributed by atoms with Crippen LogP contribution >= 0.6 is 11.6 Å². The van der Waals surface area contributed by atoms with Crippen molar-refractivity contribution in [3.8, 4) is 17.2 Å². The van der Waals surface area contributed by atoms with E-state index < -0.39 is 10.0 Å². The predicted molar refractivity (Wildman–Crippen MR) is 127 cm³/mol. The fourth-order valence-corrected chi connectivity index (χ4v) is 5.77. The van der Waals surface area contributed by atoms with E-state index in [-0.39, 0.29) is 35.7 Å². The van der Waals surface area contributed by atoms with Crippen LogP contribution in [0.3, 0.4) is 0 Å². The minimum absolute atomic E-state index is 0.0292. The van der Waals surface area contributed by atoms with E-state index in [1.807, 2.05) is 18.2 Å². The molecule has 2 aromatic carbocycles. The van der Waals surface area contributed by atoms with Crippen LogP contribution in [0.5, 0.6) is 17.2 Å². The molecule has 0 bridgehead atoms. The van der Waals surface area contributed by atoms with Gasteiger partial charge in [-0.25, -0.2) is 8.42 Å². The SMILES string of the molecule is CCN(CC(=O)N1CCN(Cc2ccc3c(c2)OCO3)CC1)S(=O)(=O)c1ccc(OC)c(Cl)c1. The molecular weight excluding hydrogens is 482 g/mol. The van der Waals surface area contributed by atoms with E-state index >= 15 is 0 Å². The van der Waals surface area contributed by atoms with Crippen molar-refractivity contribution in [2.24, 2.45) is 0 Å². The predicted octanol–water partition coefficient (Wildman–Crippen LogP) is 2.43. The van der Waals surface area contributed by atoms with E-state index in [1.165, 1.54) is 29.6 Å². The van der Waals surface area contributed by atoms with Crippen LogP contribution in [0.1, 0.15) is 12.5 Å². The number of hydrogen-bond acceptors (Lipinski definition) is 7. The zero-order valence-corrected chi connectivity index (χ0v) is 20.8. The first kappa shape index (κ1) is 24.6. The van der Waals surface area contributed by atoms with Gasteiger partial charge in [-0.15, -0.1) is 0 Å². The molecule has 4 rings (SSSR count). The van der Waals surface area contributed by atoms with E-state index in [2.05, 4.69) is 4.90 Å². The Morgan fingerprint density at radius 3 is 2.50 bits per heavy atom. The van der Waals surface area contributed by atoms with Gasteiger partial charge in [-0.1, -0.05) is 24.6 Å². The van der Waals surface area contributed by atoms with Crippen molar-refractivity contribution in [3.05, 3.63) is 47.0 Å². The highest BCUT2D eigenvalue weighted by molar-refractivity contribution is 7.89. The van der Waals surface area contributed by atoms with Gasteiger partial charge in [0.15, 0.2) is 11.5 Å². The topological polar surface area (TPSA) is 88.6 Å². The van der Waals surface area contributed by atoms with E-state index in [4.69, 9.17) is 25.8 Å². The molecule has 11 heteroatoms. The van der Waals surface area contributed by atoms with Gasteiger partial charge in [-0.2, -0.15) is 4.31 Å². The van der Waals surface area contributed by atoms with E-state index in [0.29, 0.717) is 31.9 Å². The third-order valence-corrected chi connectivity index (χ3v) is 8.21. The van der Waals surface area contributed by atoms with Crippen LogP contribution in [0.15, 0.2) is 41.3 Å². The van der Waals surface area contributed by atoms with Crippen LogP contribution < -0.4 is 14.2 Å². The average Bonchev–Trinajstić information content (AvgIpc) is 3.30. The Bertz CT molecular complexity index is 1150. The second-order valence-electron chi connectivity index (χ2n) is 8.07. The molecule has 1 amide bonds. The lowest BCUT2D eigenvalue weighted by Gasteiger charge is -2.35. The van der Waals surface area contributed by atoms with Crippen molar-refractivity contribution in [2.45, 2.75) is 18.4 Å². The number of benzene rings is 2. The zero-order chi connectivity index (χ0) is 24.3. The highest BCUT2D eigenvalue weighted by atomic mass is 35.5. The number of fused-ring (bicyclic) bond motifs is 1. The van der Waals surface area contributed by atoms with E-state index in [1.54, 1.807) is 11.8 Å². The molecule has 2 heterocycles. The van der Waals surface area contributed by atoms with Crippen LogP contribution in [0, 0.1) is 0 Å². The summed E-state index contributed by atoms with van der Waals surface area (Å²) in [6, 6.07) is 10.2. The molecule has 0 aliphatic carbocycles. The minimum Gasteiger partial charge on any atom is -0.495 e. The maximum absolute atomic E-state index is 13.1. The van der Waals surface area contributed by atoms with Crippen LogP contribution in [0.4, 0.5) is 0 Å². The number of hydrogen-bond donors (Lipinski definition) is 0. The van der Waals surface area contributed by atoms with Gasteiger partial charge in [0.05, 0.1) is 23.6 Å². The van der Waals surface area contributed by atoms with Crippen molar-refractivity contribution in [1.82, 2.24) is 14.1 Å². The van der Waals surface area contributed by atoms with Gasteiger partial charge in [-0.05, 0) is 35.9 Å². The van der Waals surface area contributed by atoms with Gasteiger partial charge in [0.1, 0.15) is 5.75 Å². The number of piperazine rings is 1.